The van der Waals surface area contributed by atoms with Gasteiger partial charge in [0.2, 0.25) is 0 Å². The highest BCUT2D eigenvalue weighted by molar-refractivity contribution is 5.35. The molecule has 5 saturated carbocycles. The Bertz CT molecular complexity index is 1310. The van der Waals surface area contributed by atoms with Crippen molar-refractivity contribution >= 4 is 0 Å². The van der Waals surface area contributed by atoms with E-state index in [-0.39, 0.29) is 58.1 Å². The van der Waals surface area contributed by atoms with Gasteiger partial charge in [-0.1, -0.05) is 27.7 Å². The Morgan fingerprint density at radius 2 is 1.73 bits per heavy atom. The first-order valence-electron chi connectivity index (χ1n) is 21.2. The molecule has 0 aromatic rings. The van der Waals surface area contributed by atoms with E-state index in [1.54, 1.807) is 7.11 Å². The lowest BCUT2D eigenvalue weighted by Gasteiger charge is -2.63. The van der Waals surface area contributed by atoms with Gasteiger partial charge in [0.25, 0.3) is 0 Å². The van der Waals surface area contributed by atoms with Crippen LogP contribution >= 0.6 is 0 Å². The summed E-state index contributed by atoms with van der Waals surface area (Å²) < 4.78 is 31.6. The maximum atomic E-state index is 12.5. The molecule has 8 aliphatic rings. The number of aliphatic hydroxyl groups is 2. The van der Waals surface area contributed by atoms with E-state index >= 15 is 0 Å². The van der Waals surface area contributed by atoms with Crippen molar-refractivity contribution in [3.8, 4) is 0 Å². The largest absolute Gasteiger partial charge is 0.388 e. The van der Waals surface area contributed by atoms with Crippen molar-refractivity contribution in [2.75, 3.05) is 66.2 Å². The average molecular weight is 732 g/mol. The van der Waals surface area contributed by atoms with Crippen LogP contribution in [0.25, 0.3) is 0 Å². The molecule has 10 nitrogen and oxygen atoms in total. The zero-order valence-electron chi connectivity index (χ0n) is 33.8. The summed E-state index contributed by atoms with van der Waals surface area (Å²) in [5, 5.41) is 23.6. The third-order valence-electron chi connectivity index (χ3n) is 17.2. The third kappa shape index (κ3) is 5.60. The van der Waals surface area contributed by atoms with Gasteiger partial charge in [0, 0.05) is 53.0 Å². The van der Waals surface area contributed by atoms with Gasteiger partial charge in [-0.25, -0.2) is 0 Å². The van der Waals surface area contributed by atoms with Crippen LogP contribution in [0.1, 0.15) is 99.8 Å². The first kappa shape index (κ1) is 38.5. The Labute approximate surface area is 314 Å². The summed E-state index contributed by atoms with van der Waals surface area (Å²) in [5.41, 5.74) is 6.40. The molecule has 3 saturated heterocycles. The van der Waals surface area contributed by atoms with E-state index in [0.717, 1.165) is 77.4 Å². The minimum Gasteiger partial charge on any atom is -0.388 e. The Hall–Kier alpha value is -0.400. The van der Waals surface area contributed by atoms with Crippen LogP contribution in [0.4, 0.5) is 0 Å². The molecule has 10 heteroatoms. The van der Waals surface area contributed by atoms with Crippen molar-refractivity contribution in [2.45, 2.75) is 148 Å². The van der Waals surface area contributed by atoms with Gasteiger partial charge >= 0.3 is 0 Å². The van der Waals surface area contributed by atoms with Crippen molar-refractivity contribution in [1.29, 1.82) is 0 Å². The lowest BCUT2D eigenvalue weighted by Crippen LogP contribution is -2.70. The highest BCUT2D eigenvalue weighted by Crippen LogP contribution is 2.87. The molecule has 3 aliphatic heterocycles. The fraction of sp³-hybridized carbons (Fsp3) is 1.00. The number of fused-ring (bicyclic) bond motifs is 4. The molecule has 14 atom stereocenters. The standard InChI is InChI=1S/C42H73N3O7/c1-9-49-36(38(5,6)47)28-20-26(2)33-34(51-28)35(46)42(43)30-11-10-29-37(3,4)31(12-13-40(29)25-41(30,40)15-14-39(33,42)7)52-32-24-45(17-19-50-32)23-27-21-44(22-27)16-18-48-8/h26-36,46-47H,9-25,43H2,1-8H3/t26-,28?,29+,30?,31+,32+,33+,34?,35+,36+,39-,40-,41+,42+/m1/s1. The Kier molecular flexibility index (Phi) is 9.87. The van der Waals surface area contributed by atoms with Crippen LogP contribution in [0.2, 0.25) is 0 Å². The summed E-state index contributed by atoms with van der Waals surface area (Å²) in [7, 11) is 1.78. The summed E-state index contributed by atoms with van der Waals surface area (Å²) >= 11 is 0. The van der Waals surface area contributed by atoms with Gasteiger partial charge in [-0.3, -0.25) is 4.90 Å². The lowest BCUT2D eigenvalue weighted by atomic mass is 9.43. The normalized spacial score (nSPS) is 49.6. The van der Waals surface area contributed by atoms with Gasteiger partial charge in [0.05, 0.1) is 48.8 Å². The number of hydrogen-bond donors (Lipinski definition) is 3. The molecule has 0 radical (unpaired) electrons. The van der Waals surface area contributed by atoms with E-state index in [9.17, 15) is 10.2 Å². The minimum absolute atomic E-state index is 0.0369. The van der Waals surface area contributed by atoms with Crippen LogP contribution in [0.5, 0.6) is 0 Å². The minimum atomic E-state index is -1.04. The number of aliphatic hydroxyl groups excluding tert-OH is 1. The molecule has 52 heavy (non-hydrogen) atoms. The van der Waals surface area contributed by atoms with E-state index in [0.29, 0.717) is 18.4 Å². The molecular weight excluding hydrogens is 658 g/mol. The predicted octanol–water partition coefficient (Wildman–Crippen LogP) is 4.29. The quantitative estimate of drug-likeness (QED) is 0.284. The molecule has 3 heterocycles. The molecule has 0 bridgehead atoms. The molecule has 8 rings (SSSR count). The number of ether oxygens (including phenoxy) is 5. The van der Waals surface area contributed by atoms with Gasteiger partial charge < -0.3 is 44.5 Å². The third-order valence-corrected chi connectivity index (χ3v) is 17.2. The van der Waals surface area contributed by atoms with Gasteiger partial charge in [0.15, 0.2) is 6.29 Å². The molecule has 5 aliphatic carbocycles. The zero-order chi connectivity index (χ0) is 37.1. The Morgan fingerprint density at radius 1 is 1.00 bits per heavy atom. The molecular formula is C42H73N3O7. The second kappa shape index (κ2) is 13.3. The van der Waals surface area contributed by atoms with E-state index in [4.69, 9.17) is 29.4 Å². The van der Waals surface area contributed by atoms with E-state index in [1.165, 1.54) is 32.4 Å². The molecule has 0 amide bonds. The number of likely N-dealkylation sites (tertiary alicyclic amines) is 1. The van der Waals surface area contributed by atoms with Crippen LogP contribution < -0.4 is 5.73 Å². The number of methoxy groups -OCH3 is 1. The maximum Gasteiger partial charge on any atom is 0.170 e. The van der Waals surface area contributed by atoms with Gasteiger partial charge in [-0.05, 0) is 123 Å². The molecule has 0 aromatic carbocycles. The maximum absolute atomic E-state index is 12.5. The molecule has 4 N–H and O–H groups in total. The van der Waals surface area contributed by atoms with Crippen molar-refractivity contribution in [3.05, 3.63) is 0 Å². The van der Waals surface area contributed by atoms with Crippen LogP contribution in [0.15, 0.2) is 0 Å². The summed E-state index contributed by atoms with van der Waals surface area (Å²) in [4.78, 5) is 5.06. The predicted molar refractivity (Wildman–Crippen MR) is 199 cm³/mol. The monoisotopic (exact) mass is 732 g/mol. The van der Waals surface area contributed by atoms with Crippen LogP contribution in [0.3, 0.4) is 0 Å². The second-order valence-electron chi connectivity index (χ2n) is 20.5. The number of nitrogens with zero attached hydrogens (tertiary/aromatic N) is 2. The first-order chi connectivity index (χ1) is 24.6. The molecule has 298 valence electrons. The summed E-state index contributed by atoms with van der Waals surface area (Å²) in [6.45, 7) is 23.7. The summed E-state index contributed by atoms with van der Waals surface area (Å²) in [5.74, 6) is 2.08. The summed E-state index contributed by atoms with van der Waals surface area (Å²) in [6.07, 6.45) is 6.95. The van der Waals surface area contributed by atoms with Gasteiger partial charge in [-0.15, -0.1) is 0 Å². The first-order valence-corrected chi connectivity index (χ1v) is 21.2. The van der Waals surface area contributed by atoms with Crippen LogP contribution in [-0.2, 0) is 23.7 Å². The molecule has 8 fully saturated rings. The molecule has 3 unspecified atom stereocenters. The van der Waals surface area contributed by atoms with Crippen molar-refractivity contribution in [2.24, 2.45) is 57.0 Å². The number of rotatable bonds is 11. The van der Waals surface area contributed by atoms with Crippen LogP contribution in [-0.4, -0.2) is 134 Å². The van der Waals surface area contributed by atoms with Crippen molar-refractivity contribution in [1.82, 2.24) is 9.80 Å². The molecule has 2 spiro atoms. The fourth-order valence-corrected chi connectivity index (χ4v) is 15.0. The highest BCUT2D eigenvalue weighted by Gasteiger charge is 2.85. The highest BCUT2D eigenvalue weighted by atomic mass is 16.7. The second-order valence-corrected chi connectivity index (χ2v) is 20.5. The number of morpholine rings is 1. The summed E-state index contributed by atoms with van der Waals surface area (Å²) in [6, 6.07) is 0. The molecule has 0 aromatic heterocycles. The van der Waals surface area contributed by atoms with E-state index in [1.807, 2.05) is 20.8 Å². The smallest absolute Gasteiger partial charge is 0.170 e. The zero-order valence-corrected chi connectivity index (χ0v) is 33.8. The lowest BCUT2D eigenvalue weighted by molar-refractivity contribution is -0.247. The average Bonchev–Trinajstić information content (AvgIpc) is 3.70. The van der Waals surface area contributed by atoms with Crippen molar-refractivity contribution < 1.29 is 33.9 Å². The van der Waals surface area contributed by atoms with Gasteiger partial charge in [-0.2, -0.15) is 0 Å². The fourth-order valence-electron chi connectivity index (χ4n) is 15.0. The Balaban J connectivity index is 0.954. The Morgan fingerprint density at radius 3 is 2.44 bits per heavy atom. The number of hydrogen-bond acceptors (Lipinski definition) is 10. The van der Waals surface area contributed by atoms with E-state index < -0.39 is 23.3 Å². The van der Waals surface area contributed by atoms with E-state index in [2.05, 4.69) is 37.5 Å². The topological polar surface area (TPSA) is 119 Å². The SMILES string of the molecule is CCO[C@@H](C1C[C@@H](C)[C@H]2C(O1)[C@H](O)[C@@]1(N)C3CC[C@H]4C(C)(C)[C@@H](O[C@H]5CN(CC6CN(CCOC)C6)CCO5)CC[C@@]45C[C@@]35CC[C@]21C)C(C)(C)O. The van der Waals surface area contributed by atoms with Gasteiger partial charge in [0.1, 0.15) is 6.10 Å². The van der Waals surface area contributed by atoms with Crippen LogP contribution in [0, 0.1) is 51.2 Å². The van der Waals surface area contributed by atoms with Crippen molar-refractivity contribution in [3.63, 3.8) is 0 Å². The number of nitrogens with two attached hydrogens (primary N) is 1.